The summed E-state index contributed by atoms with van der Waals surface area (Å²) < 4.78 is 0. The van der Waals surface area contributed by atoms with Gasteiger partial charge in [-0.15, -0.1) is 0 Å². The molecule has 1 fully saturated rings. The van der Waals surface area contributed by atoms with Gasteiger partial charge in [0.1, 0.15) is 84.3 Å². The number of aliphatic hydroxyl groups excluding tert-OH is 2. The highest BCUT2D eigenvalue weighted by Gasteiger charge is 2.40. The van der Waals surface area contributed by atoms with Gasteiger partial charge < -0.3 is 139 Å². The van der Waals surface area contributed by atoms with Gasteiger partial charge in [0.05, 0.1) is 32.3 Å². The zero-order chi connectivity index (χ0) is 94.6. The Morgan fingerprint density at radius 3 is 1.63 bits per heavy atom. The van der Waals surface area contributed by atoms with E-state index in [-0.39, 0.29) is 89.0 Å². The number of aromatic hydroxyl groups is 1. The van der Waals surface area contributed by atoms with Crippen molar-refractivity contribution in [3.05, 3.63) is 65.7 Å². The highest BCUT2D eigenvalue weighted by molar-refractivity contribution is 6.01. The van der Waals surface area contributed by atoms with Crippen LogP contribution in [0, 0.1) is 34.5 Å². The van der Waals surface area contributed by atoms with E-state index in [1.165, 1.54) is 39.8 Å². The fraction of sp³-hybridized carbons (Fsp3) is 0.600. The van der Waals surface area contributed by atoms with Gasteiger partial charge in [0.2, 0.25) is 94.5 Å². The molecule has 0 aromatic heterocycles. The molecular formula is C80H127N23O23. The summed E-state index contributed by atoms with van der Waals surface area (Å²) in [6, 6.07) is -8.84. The summed E-state index contributed by atoms with van der Waals surface area (Å²) in [5.74, 6) is -23.7. The number of hydrogen-bond acceptors (Lipinski definition) is 24. The Labute approximate surface area is 728 Å². The molecule has 1 aliphatic heterocycles. The number of carbonyl (C=O) groups excluding carboxylic acids is 16. The van der Waals surface area contributed by atoms with Crippen molar-refractivity contribution < 1.29 is 112 Å². The standard InChI is InChI=1S/C80H127N23O23/c1-9-43(8)64(103-71(118)51(22-16-32-88-80(85)86)96-72(119)54(33-40(2)3)99-65(112)47(81)34-45-23-25-46(106)26-24-45)77(124)102-63(42(6)7)76(123)98-53(27-29-58(82)107)70(117)94-49-20-14-13-19-48(66(113)89-36-59(108)91-55(78(125)126)35-44-17-11-10-12-18-44)93-73(120)56(38-104)92-60(109)37-90-67(114)52(28-30-61(110)111)97-75(122)62(41(4)5)101-74(121)57(39-105)100-69(116)50(95-68(49)115)21-15-31-87-79(83)84/h10-12,17-18,23-26,40-43,47-57,62-64,104-106H,9,13-16,19-22,27-39,81H2,1-8H3,(H2,82,107)(H,89,113)(H,90,114)(H,91,108)(H,92,109)(H,93,120)(H,94,117)(H,95,115)(H,96,119)(H,97,122)(H,98,123)(H,99,112)(H,100,116)(H,101,121)(H,102,124)(H,103,118)(H,110,111)(H,125,126)(H4,83,84,87)(H4,85,86,88)/t43?,47-,48-,49+,50+,51+,52-,53+,54+,55-,56?,57+,62+,63+,64+/m0/s1. The largest absolute Gasteiger partial charge is 0.508 e. The Balaban J connectivity index is 2.22. The number of aliphatic carboxylic acids is 2. The summed E-state index contributed by atoms with van der Waals surface area (Å²) in [5, 5.41) is 108. The highest BCUT2D eigenvalue weighted by atomic mass is 16.4. The molecule has 126 heavy (non-hydrogen) atoms. The first-order chi connectivity index (χ1) is 59.4. The van der Waals surface area contributed by atoms with E-state index >= 15 is 9.59 Å². The fourth-order valence-electron chi connectivity index (χ4n) is 12.8. The number of amides is 16. The normalized spacial score (nSPS) is 19.7. The van der Waals surface area contributed by atoms with Crippen LogP contribution in [0.4, 0.5) is 0 Å². The van der Waals surface area contributed by atoms with Crippen LogP contribution in [0.1, 0.15) is 156 Å². The van der Waals surface area contributed by atoms with E-state index in [1.54, 1.807) is 70.2 Å². The number of phenols is 1. The van der Waals surface area contributed by atoms with Gasteiger partial charge >= 0.3 is 11.9 Å². The molecule has 0 saturated carbocycles. The maximum Gasteiger partial charge on any atom is 0.326 e. The second-order valence-electron chi connectivity index (χ2n) is 31.7. The molecule has 2 aromatic rings. The van der Waals surface area contributed by atoms with Crippen molar-refractivity contribution in [1.29, 1.82) is 10.8 Å². The molecule has 46 heteroatoms. The Hall–Kier alpha value is -12.9. The van der Waals surface area contributed by atoms with E-state index < -0.39 is 286 Å². The number of rotatable bonds is 43. The van der Waals surface area contributed by atoms with Gasteiger partial charge in [0.25, 0.3) is 0 Å². The van der Waals surface area contributed by atoms with Gasteiger partial charge in [-0.25, -0.2) is 4.79 Å². The monoisotopic (exact) mass is 1780 g/mol. The van der Waals surface area contributed by atoms with E-state index in [1.807, 2.05) is 0 Å². The summed E-state index contributed by atoms with van der Waals surface area (Å²) in [6.07, 6.45) is -4.56. The van der Waals surface area contributed by atoms with Gasteiger partial charge in [0.15, 0.2) is 11.9 Å². The minimum Gasteiger partial charge on any atom is -0.508 e. The molecule has 15 atom stereocenters. The third kappa shape index (κ3) is 39.7. The zero-order valence-corrected chi connectivity index (χ0v) is 72.0. The fourth-order valence-corrected chi connectivity index (χ4v) is 12.8. The molecule has 2 aromatic carbocycles. The SMILES string of the molecule is CCC(C)[C@@H](NC(=O)[C@@H](CCCNC(=N)N)NC(=O)[C@@H](CC(C)C)NC(=O)[C@@H](N)Cc1ccc(O)cc1)C(=O)N[C@@H](C(=O)N[C@H](CCC(N)=O)C(=O)N[C@@H]1CCCC[C@@H](C(=O)NCC(=O)N[C@@H](Cc2ccccc2)C(=O)O)NC(=O)C(CO)NC(=O)CNC(=O)[C@H](CCC(=O)O)NC(=O)[C@@H](C(C)C)NC(=O)[C@@H](CO)NC(=O)[C@@H](CCCNC(=N)N)NC1=O)C(C)C. The Kier molecular flexibility index (Phi) is 47.2. The van der Waals surface area contributed by atoms with E-state index in [2.05, 4.69) is 90.4 Å². The first-order valence-corrected chi connectivity index (χ1v) is 41.5. The quantitative estimate of drug-likeness (QED) is 0.0167. The number of carboxylic acid groups (broad SMARTS) is 2. The van der Waals surface area contributed by atoms with Crippen LogP contribution in [-0.2, 0) is 99.1 Å². The second-order valence-corrected chi connectivity index (χ2v) is 31.7. The lowest BCUT2D eigenvalue weighted by atomic mass is 9.95. The van der Waals surface area contributed by atoms with Crippen molar-refractivity contribution in [1.82, 2.24) is 90.4 Å². The molecule has 1 heterocycles. The van der Waals surface area contributed by atoms with Crippen molar-refractivity contribution in [3.8, 4) is 5.75 Å². The van der Waals surface area contributed by atoms with Crippen LogP contribution in [0.25, 0.3) is 0 Å². The molecule has 0 aliphatic carbocycles. The molecule has 0 radical (unpaired) electrons. The maximum atomic E-state index is 15.2. The summed E-state index contributed by atoms with van der Waals surface area (Å²) in [7, 11) is 0. The lowest BCUT2D eigenvalue weighted by molar-refractivity contribution is -0.142. The van der Waals surface area contributed by atoms with Crippen LogP contribution in [0.2, 0.25) is 0 Å². The van der Waals surface area contributed by atoms with Crippen LogP contribution in [0.3, 0.4) is 0 Å². The number of benzene rings is 2. The van der Waals surface area contributed by atoms with Gasteiger partial charge in [-0.3, -0.25) is 92.3 Å². The first kappa shape index (κ1) is 107. The molecule has 32 N–H and O–H groups in total. The van der Waals surface area contributed by atoms with Gasteiger partial charge in [-0.05, 0) is 111 Å². The molecule has 1 saturated heterocycles. The Morgan fingerprint density at radius 1 is 0.524 bits per heavy atom. The number of guanidine groups is 2. The molecule has 0 bridgehead atoms. The van der Waals surface area contributed by atoms with E-state index in [0.717, 1.165) is 0 Å². The van der Waals surface area contributed by atoms with Crippen molar-refractivity contribution >= 4 is 118 Å². The molecule has 2 unspecified atom stereocenters. The minimum atomic E-state index is -1.95. The van der Waals surface area contributed by atoms with Gasteiger partial charge in [0, 0.05) is 32.4 Å². The summed E-state index contributed by atoms with van der Waals surface area (Å²) in [6.45, 7) is 8.36. The predicted molar refractivity (Wildman–Crippen MR) is 454 cm³/mol. The second kappa shape index (κ2) is 55.4. The van der Waals surface area contributed by atoms with Crippen molar-refractivity contribution in [3.63, 3.8) is 0 Å². The average Bonchev–Trinajstić information content (AvgIpc) is 0.834. The Bertz CT molecular complexity index is 4070. The molecule has 1 aliphatic rings. The van der Waals surface area contributed by atoms with Crippen molar-refractivity contribution in [2.24, 2.45) is 46.6 Å². The van der Waals surface area contributed by atoms with Crippen LogP contribution >= 0.6 is 0 Å². The molecular weight excluding hydrogens is 1650 g/mol. The van der Waals surface area contributed by atoms with Crippen LogP contribution in [-0.4, -0.2) is 268 Å². The third-order valence-electron chi connectivity index (χ3n) is 20.1. The van der Waals surface area contributed by atoms with Crippen LogP contribution in [0.15, 0.2) is 54.6 Å². The topological polar surface area (TPSA) is 765 Å². The summed E-state index contributed by atoms with van der Waals surface area (Å²) >= 11 is 0. The molecule has 3 rings (SSSR count). The number of carboxylic acids is 2. The minimum absolute atomic E-state index is 0.0155. The van der Waals surface area contributed by atoms with Crippen molar-refractivity contribution in [2.75, 3.05) is 39.4 Å². The summed E-state index contributed by atoms with van der Waals surface area (Å²) in [4.78, 5) is 251. The number of hydrogen-bond donors (Lipinski definition) is 28. The predicted octanol–water partition coefficient (Wildman–Crippen LogP) is -7.26. The Morgan fingerprint density at radius 2 is 1.06 bits per heavy atom. The van der Waals surface area contributed by atoms with E-state index in [0.29, 0.717) is 11.1 Å². The third-order valence-corrected chi connectivity index (χ3v) is 20.1. The number of nitrogens with one attached hydrogen (secondary N) is 19. The summed E-state index contributed by atoms with van der Waals surface area (Å²) in [5.41, 5.74) is 24.1. The zero-order valence-electron chi connectivity index (χ0n) is 72.0. The lowest BCUT2D eigenvalue weighted by Gasteiger charge is -2.31. The van der Waals surface area contributed by atoms with Crippen LogP contribution < -0.4 is 113 Å². The maximum absolute atomic E-state index is 15.2. The number of nitrogens with two attached hydrogens (primary N) is 4. The highest BCUT2D eigenvalue weighted by Crippen LogP contribution is 2.18. The first-order valence-electron chi connectivity index (χ1n) is 41.5. The molecule has 0 spiro atoms. The lowest BCUT2D eigenvalue weighted by Crippen LogP contribution is -2.62. The van der Waals surface area contributed by atoms with Gasteiger partial charge in [-0.2, -0.15) is 0 Å². The molecule has 46 nitrogen and oxygen atoms in total. The number of aliphatic hydroxyl groups is 2. The number of phenolic OH excluding ortho intramolecular Hbond substituents is 1. The van der Waals surface area contributed by atoms with E-state index in [9.17, 15) is 102 Å². The smallest absolute Gasteiger partial charge is 0.326 e. The van der Waals surface area contributed by atoms with Crippen molar-refractivity contribution in [2.45, 2.75) is 243 Å². The van der Waals surface area contributed by atoms with E-state index in [4.69, 9.17) is 33.8 Å². The number of primary amides is 1. The van der Waals surface area contributed by atoms with Crippen LogP contribution in [0.5, 0.6) is 5.75 Å². The molecule has 16 amide bonds. The molecule has 700 valence electrons. The average molecular weight is 1780 g/mol. The number of carbonyl (C=O) groups is 18. The van der Waals surface area contributed by atoms with Gasteiger partial charge in [-0.1, -0.05) is 117 Å².